The first kappa shape index (κ1) is 25.8. The third-order valence-corrected chi connectivity index (χ3v) is 8.53. The van der Waals surface area contributed by atoms with Gasteiger partial charge in [-0.2, -0.15) is 0 Å². The number of piperidine rings is 1. The van der Waals surface area contributed by atoms with Crippen LogP contribution in [0.1, 0.15) is 57.2 Å². The van der Waals surface area contributed by atoms with Crippen LogP contribution in [0.5, 0.6) is 0 Å². The number of carbonyl (C=O) groups is 2. The summed E-state index contributed by atoms with van der Waals surface area (Å²) >= 11 is 7.61. The van der Waals surface area contributed by atoms with Crippen LogP contribution in [-0.4, -0.2) is 40.5 Å². The molecule has 0 unspecified atom stereocenters. The number of likely N-dealkylation sites (tertiary alicyclic amines) is 1. The van der Waals surface area contributed by atoms with E-state index in [9.17, 15) is 9.59 Å². The topological polar surface area (TPSA) is 52.7 Å². The molecule has 3 aromatic rings. The minimum atomic E-state index is -0.0999. The standard InChI is InChI=1S/C30H32ClN3O2S/c31-27-14-8-24(9-15-27)20-34-28(35)21-37-30(34)26-12-10-25(11-13-26)29(36)32-18-22-4-6-23(7-5-22)19-33-16-2-1-3-17-33/h4-15,30H,1-3,16-21H2,(H,32,36)/t30-/m0/s1. The maximum Gasteiger partial charge on any atom is 0.251 e. The number of carbonyl (C=O) groups excluding carboxylic acids is 2. The molecule has 0 radical (unpaired) electrons. The lowest BCUT2D eigenvalue weighted by Crippen LogP contribution is -2.29. The zero-order valence-electron chi connectivity index (χ0n) is 20.9. The molecule has 0 bridgehead atoms. The largest absolute Gasteiger partial charge is 0.348 e. The monoisotopic (exact) mass is 533 g/mol. The average Bonchev–Trinajstić information content (AvgIpc) is 3.29. The summed E-state index contributed by atoms with van der Waals surface area (Å²) in [6, 6.07) is 23.7. The van der Waals surface area contributed by atoms with Gasteiger partial charge >= 0.3 is 0 Å². The first-order valence-electron chi connectivity index (χ1n) is 12.9. The summed E-state index contributed by atoms with van der Waals surface area (Å²) in [6.45, 7) is 4.40. The quantitative estimate of drug-likeness (QED) is 0.384. The van der Waals surface area contributed by atoms with E-state index in [-0.39, 0.29) is 17.2 Å². The van der Waals surface area contributed by atoms with Gasteiger partial charge in [-0.05, 0) is 72.5 Å². The summed E-state index contributed by atoms with van der Waals surface area (Å²) in [5.41, 5.74) is 5.09. The van der Waals surface area contributed by atoms with E-state index < -0.39 is 0 Å². The fraction of sp³-hybridized carbons (Fsp3) is 0.333. The van der Waals surface area contributed by atoms with Crippen LogP contribution >= 0.6 is 23.4 Å². The summed E-state index contributed by atoms with van der Waals surface area (Å²) in [7, 11) is 0. The molecule has 0 saturated carbocycles. The molecule has 2 aliphatic rings. The highest BCUT2D eigenvalue weighted by atomic mass is 35.5. The average molecular weight is 534 g/mol. The van der Waals surface area contributed by atoms with Crippen molar-refractivity contribution in [3.8, 4) is 0 Å². The minimum absolute atomic E-state index is 0.0660. The first-order chi connectivity index (χ1) is 18.0. The Morgan fingerprint density at radius 1 is 0.838 bits per heavy atom. The normalized spacial score (nSPS) is 18.2. The van der Waals surface area contributed by atoms with Crippen molar-refractivity contribution in [2.45, 2.75) is 44.3 Å². The number of halogens is 1. The van der Waals surface area contributed by atoms with Gasteiger partial charge in [-0.15, -0.1) is 11.8 Å². The van der Waals surface area contributed by atoms with Gasteiger partial charge in [0.05, 0.1) is 5.75 Å². The SMILES string of the molecule is O=C(NCc1ccc(CN2CCCCC2)cc1)c1ccc([C@@H]2SCC(=O)N2Cc2ccc(Cl)cc2)cc1. The van der Waals surface area contributed by atoms with Crippen LogP contribution in [0.25, 0.3) is 0 Å². The van der Waals surface area contributed by atoms with Crippen LogP contribution in [0, 0.1) is 0 Å². The van der Waals surface area contributed by atoms with E-state index in [1.54, 1.807) is 11.8 Å². The van der Waals surface area contributed by atoms with Gasteiger partial charge in [-0.1, -0.05) is 66.6 Å². The molecule has 1 atom stereocenters. The van der Waals surface area contributed by atoms with Crippen molar-refractivity contribution in [3.63, 3.8) is 0 Å². The third-order valence-electron chi connectivity index (χ3n) is 7.02. The summed E-state index contributed by atoms with van der Waals surface area (Å²) < 4.78 is 0. The van der Waals surface area contributed by atoms with E-state index in [1.165, 1.54) is 37.9 Å². The highest BCUT2D eigenvalue weighted by molar-refractivity contribution is 8.00. The molecule has 2 saturated heterocycles. The molecular weight excluding hydrogens is 502 g/mol. The van der Waals surface area contributed by atoms with Gasteiger partial charge in [0.15, 0.2) is 0 Å². The van der Waals surface area contributed by atoms with E-state index in [2.05, 4.69) is 34.5 Å². The van der Waals surface area contributed by atoms with Gasteiger partial charge in [-0.3, -0.25) is 14.5 Å². The fourth-order valence-electron chi connectivity index (χ4n) is 4.91. The smallest absolute Gasteiger partial charge is 0.251 e. The number of rotatable bonds is 8. The lowest BCUT2D eigenvalue weighted by atomic mass is 10.1. The molecular formula is C30H32ClN3O2S. The van der Waals surface area contributed by atoms with E-state index in [1.807, 2.05) is 53.4 Å². The fourth-order valence-corrected chi connectivity index (χ4v) is 6.22. The van der Waals surface area contributed by atoms with Crippen LogP contribution in [0.2, 0.25) is 5.02 Å². The molecule has 3 aromatic carbocycles. The van der Waals surface area contributed by atoms with E-state index in [4.69, 9.17) is 11.6 Å². The van der Waals surface area contributed by atoms with Crippen LogP contribution in [0.3, 0.4) is 0 Å². The minimum Gasteiger partial charge on any atom is -0.348 e. The molecule has 192 valence electrons. The number of hydrogen-bond acceptors (Lipinski definition) is 4. The Morgan fingerprint density at radius 3 is 2.16 bits per heavy atom. The van der Waals surface area contributed by atoms with Gasteiger partial charge in [0.25, 0.3) is 5.91 Å². The number of nitrogens with one attached hydrogen (secondary N) is 1. The highest BCUT2D eigenvalue weighted by Crippen LogP contribution is 2.39. The predicted molar refractivity (Wildman–Crippen MR) is 150 cm³/mol. The molecule has 2 aliphatic heterocycles. The molecule has 5 rings (SSSR count). The number of hydrogen-bond donors (Lipinski definition) is 1. The zero-order valence-corrected chi connectivity index (χ0v) is 22.4. The molecule has 0 aliphatic carbocycles. The molecule has 5 nitrogen and oxygen atoms in total. The first-order valence-corrected chi connectivity index (χ1v) is 14.3. The van der Waals surface area contributed by atoms with Gasteiger partial charge in [0.2, 0.25) is 5.91 Å². The second-order valence-electron chi connectivity index (χ2n) is 9.77. The van der Waals surface area contributed by atoms with E-state index in [0.29, 0.717) is 29.4 Å². The van der Waals surface area contributed by atoms with Crippen molar-refractivity contribution in [2.75, 3.05) is 18.8 Å². The molecule has 37 heavy (non-hydrogen) atoms. The maximum absolute atomic E-state index is 12.8. The molecule has 7 heteroatoms. The molecule has 0 aromatic heterocycles. The molecule has 0 spiro atoms. The second-order valence-corrected chi connectivity index (χ2v) is 11.3. The van der Waals surface area contributed by atoms with Crippen molar-refractivity contribution in [3.05, 3.63) is 106 Å². The van der Waals surface area contributed by atoms with Gasteiger partial charge in [0, 0.05) is 30.2 Å². The summed E-state index contributed by atoms with van der Waals surface area (Å²) in [6.07, 6.45) is 3.94. The lowest BCUT2D eigenvalue weighted by molar-refractivity contribution is -0.128. The Hall–Kier alpha value is -2.80. The number of thioether (sulfide) groups is 1. The van der Waals surface area contributed by atoms with Crippen LogP contribution in [0.15, 0.2) is 72.8 Å². The molecule has 2 amide bonds. The summed E-state index contributed by atoms with van der Waals surface area (Å²) in [4.78, 5) is 29.7. The Kier molecular flexibility index (Phi) is 8.49. The van der Waals surface area contributed by atoms with Gasteiger partial charge in [-0.25, -0.2) is 0 Å². The van der Waals surface area contributed by atoms with E-state index in [0.717, 1.165) is 23.2 Å². The predicted octanol–water partition coefficient (Wildman–Crippen LogP) is 6.03. The maximum atomic E-state index is 12.8. The number of amides is 2. The Labute approximate surface area is 228 Å². The molecule has 2 heterocycles. The Bertz CT molecular complexity index is 1210. The summed E-state index contributed by atoms with van der Waals surface area (Å²) in [5.74, 6) is 0.475. The van der Waals surface area contributed by atoms with Crippen molar-refractivity contribution in [2.24, 2.45) is 0 Å². The number of nitrogens with zero attached hydrogens (tertiary/aromatic N) is 2. The van der Waals surface area contributed by atoms with Gasteiger partial charge < -0.3 is 10.2 Å². The van der Waals surface area contributed by atoms with Gasteiger partial charge in [0.1, 0.15) is 5.37 Å². The molecule has 2 fully saturated rings. The number of benzene rings is 3. The van der Waals surface area contributed by atoms with Crippen LogP contribution < -0.4 is 5.32 Å². The highest BCUT2D eigenvalue weighted by Gasteiger charge is 2.32. The van der Waals surface area contributed by atoms with Crippen molar-refractivity contribution >= 4 is 35.2 Å². The van der Waals surface area contributed by atoms with Crippen molar-refractivity contribution < 1.29 is 9.59 Å². The van der Waals surface area contributed by atoms with E-state index >= 15 is 0 Å². The second kappa shape index (κ2) is 12.2. The zero-order chi connectivity index (χ0) is 25.6. The molecule has 1 N–H and O–H groups in total. The Balaban J connectivity index is 1.15. The van der Waals surface area contributed by atoms with Crippen molar-refractivity contribution in [1.82, 2.24) is 15.1 Å². The Morgan fingerprint density at radius 2 is 1.46 bits per heavy atom. The van der Waals surface area contributed by atoms with Crippen LogP contribution in [-0.2, 0) is 24.4 Å². The van der Waals surface area contributed by atoms with Crippen LogP contribution in [0.4, 0.5) is 0 Å². The third kappa shape index (κ3) is 6.75. The lowest BCUT2D eigenvalue weighted by Gasteiger charge is -2.26. The van der Waals surface area contributed by atoms with Crippen molar-refractivity contribution in [1.29, 1.82) is 0 Å². The summed E-state index contributed by atoms with van der Waals surface area (Å²) in [5, 5.41) is 3.64.